The zero-order chi connectivity index (χ0) is 16.5. The molecule has 1 amide bonds. The highest BCUT2D eigenvalue weighted by molar-refractivity contribution is 5.67. The fourth-order valence-electron chi connectivity index (χ4n) is 4.00. The number of carbonyl (C=O) groups excluding carboxylic acids is 1. The Balaban J connectivity index is 2.18. The third kappa shape index (κ3) is 2.94. The molecule has 0 aromatic heterocycles. The minimum absolute atomic E-state index is 0.0522. The Labute approximate surface area is 133 Å². The second-order valence-electron chi connectivity index (χ2n) is 7.13. The van der Waals surface area contributed by atoms with Crippen LogP contribution in [0, 0.1) is 23.2 Å². The van der Waals surface area contributed by atoms with Crippen molar-refractivity contribution in [2.75, 3.05) is 13.2 Å². The lowest BCUT2D eigenvalue weighted by atomic mass is 9.56. The summed E-state index contributed by atoms with van der Waals surface area (Å²) in [6.45, 7) is 15.3. The third-order valence-corrected chi connectivity index (χ3v) is 5.40. The summed E-state index contributed by atoms with van der Waals surface area (Å²) in [6, 6.07) is 0.0776. The number of rotatable bonds is 4. The third-order valence-electron chi connectivity index (χ3n) is 5.40. The molecule has 5 atom stereocenters. The van der Waals surface area contributed by atoms with Crippen molar-refractivity contribution in [1.29, 1.82) is 0 Å². The molecule has 0 saturated carbocycles. The van der Waals surface area contributed by atoms with Crippen molar-refractivity contribution >= 4 is 6.09 Å². The van der Waals surface area contributed by atoms with Gasteiger partial charge in [-0.15, -0.1) is 6.58 Å². The first-order chi connectivity index (χ1) is 10.3. The number of amides is 1. The van der Waals surface area contributed by atoms with Crippen LogP contribution < -0.4 is 5.32 Å². The van der Waals surface area contributed by atoms with E-state index >= 15 is 0 Å². The van der Waals surface area contributed by atoms with Crippen LogP contribution in [0.25, 0.3) is 0 Å². The first-order valence-electron chi connectivity index (χ1n) is 8.17. The van der Waals surface area contributed by atoms with Crippen molar-refractivity contribution in [3.63, 3.8) is 0 Å². The van der Waals surface area contributed by atoms with Gasteiger partial charge in [0, 0.05) is 17.4 Å². The van der Waals surface area contributed by atoms with Crippen molar-refractivity contribution in [1.82, 2.24) is 5.32 Å². The van der Waals surface area contributed by atoms with Gasteiger partial charge >= 0.3 is 6.09 Å². The van der Waals surface area contributed by atoms with E-state index in [9.17, 15) is 4.79 Å². The Morgan fingerprint density at radius 1 is 1.59 bits per heavy atom. The van der Waals surface area contributed by atoms with E-state index in [2.05, 4.69) is 38.7 Å². The van der Waals surface area contributed by atoms with Crippen LogP contribution in [0.1, 0.15) is 34.6 Å². The molecule has 0 radical (unpaired) electrons. The lowest BCUT2D eigenvalue weighted by Gasteiger charge is -2.54. The van der Waals surface area contributed by atoms with Crippen molar-refractivity contribution in [3.05, 3.63) is 24.3 Å². The first-order valence-corrected chi connectivity index (χ1v) is 8.17. The predicted octanol–water partition coefficient (Wildman–Crippen LogP) is 3.54. The largest absolute Gasteiger partial charge is 0.449 e. The van der Waals surface area contributed by atoms with E-state index in [1.165, 1.54) is 5.57 Å². The normalized spacial score (nSPS) is 37.5. The first kappa shape index (κ1) is 17.1. The fraction of sp³-hybridized carbons (Fsp3) is 0.722. The van der Waals surface area contributed by atoms with Gasteiger partial charge in [-0.25, -0.2) is 4.79 Å². The van der Waals surface area contributed by atoms with Gasteiger partial charge in [0.05, 0.1) is 12.7 Å². The summed E-state index contributed by atoms with van der Waals surface area (Å²) in [5, 5.41) is 2.78. The van der Waals surface area contributed by atoms with E-state index in [1.807, 2.05) is 19.9 Å². The van der Waals surface area contributed by atoms with Crippen molar-refractivity contribution < 1.29 is 14.3 Å². The Kier molecular flexibility index (Phi) is 5.00. The zero-order valence-electron chi connectivity index (χ0n) is 14.4. The molecule has 1 heterocycles. The number of fused-ring (bicyclic) bond motifs is 2. The fourth-order valence-corrected chi connectivity index (χ4v) is 4.00. The van der Waals surface area contributed by atoms with Crippen LogP contribution in [0.2, 0.25) is 0 Å². The molecule has 2 bridgehead atoms. The van der Waals surface area contributed by atoms with E-state index in [4.69, 9.17) is 9.47 Å². The van der Waals surface area contributed by atoms with Gasteiger partial charge in [-0.3, -0.25) is 0 Å². The van der Waals surface area contributed by atoms with Gasteiger partial charge in [0.2, 0.25) is 0 Å². The highest BCUT2D eigenvalue weighted by Gasteiger charge is 2.53. The maximum atomic E-state index is 11.8. The molecule has 0 aromatic carbocycles. The Bertz CT molecular complexity index is 471. The van der Waals surface area contributed by atoms with E-state index in [1.54, 1.807) is 0 Å². The Morgan fingerprint density at radius 2 is 2.27 bits per heavy atom. The highest BCUT2D eigenvalue weighted by Crippen LogP contribution is 2.52. The molecule has 2 aliphatic rings. The molecule has 0 aromatic rings. The van der Waals surface area contributed by atoms with Crippen LogP contribution in [-0.4, -0.2) is 31.5 Å². The van der Waals surface area contributed by atoms with Crippen molar-refractivity contribution in [3.8, 4) is 0 Å². The number of allylic oxidation sites excluding steroid dienone is 1. The lowest BCUT2D eigenvalue weighted by Crippen LogP contribution is -2.56. The zero-order valence-corrected chi connectivity index (χ0v) is 14.4. The average molecular weight is 307 g/mol. The van der Waals surface area contributed by atoms with E-state index < -0.39 is 0 Å². The maximum absolute atomic E-state index is 11.8. The molecule has 1 aliphatic heterocycles. The van der Waals surface area contributed by atoms with E-state index in [-0.39, 0.29) is 23.7 Å². The number of hydrogen-bond acceptors (Lipinski definition) is 3. The number of hydrogen-bond donors (Lipinski definition) is 1. The van der Waals surface area contributed by atoms with Gasteiger partial charge in [-0.05, 0) is 32.6 Å². The molecular formula is C18H29NO3. The van der Waals surface area contributed by atoms with Crippen LogP contribution in [0.5, 0.6) is 0 Å². The standard InChI is InChI=1S/C18H29NO3/c1-7-15-16-12(4)8-13(5)18(9-21-15,14(16)6)10-22-17(20)19-11(2)3/h7-8,11,13-16H,1,9-10H2,2-6H3,(H,19,20)/t13-,14+,15+,16-,18+/m0/s1. The minimum atomic E-state index is -0.350. The van der Waals surface area contributed by atoms with Crippen molar-refractivity contribution in [2.24, 2.45) is 23.2 Å². The predicted molar refractivity (Wildman–Crippen MR) is 87.6 cm³/mol. The molecule has 1 N–H and O–H groups in total. The molecule has 22 heavy (non-hydrogen) atoms. The van der Waals surface area contributed by atoms with Crippen LogP contribution in [-0.2, 0) is 9.47 Å². The molecule has 0 unspecified atom stereocenters. The van der Waals surface area contributed by atoms with Crippen molar-refractivity contribution in [2.45, 2.75) is 46.8 Å². The number of nitrogens with one attached hydrogen (secondary N) is 1. The number of alkyl carbamates (subject to hydrolysis) is 1. The summed E-state index contributed by atoms with van der Waals surface area (Å²) in [5.41, 5.74) is 1.20. The van der Waals surface area contributed by atoms with Gasteiger partial charge in [0.25, 0.3) is 0 Å². The molecule has 0 spiro atoms. The second kappa shape index (κ2) is 6.45. The summed E-state index contributed by atoms with van der Waals surface area (Å²) in [6.07, 6.45) is 3.91. The van der Waals surface area contributed by atoms with Crippen LogP contribution in [0.15, 0.2) is 24.3 Å². The molecule has 1 fully saturated rings. The monoisotopic (exact) mass is 307 g/mol. The van der Waals surface area contributed by atoms with Gasteiger partial charge in [-0.1, -0.05) is 31.6 Å². The highest BCUT2D eigenvalue weighted by atomic mass is 16.6. The lowest BCUT2D eigenvalue weighted by molar-refractivity contribution is -0.149. The van der Waals surface area contributed by atoms with Gasteiger partial charge in [-0.2, -0.15) is 0 Å². The van der Waals surface area contributed by atoms with E-state index in [0.717, 1.165) is 0 Å². The number of ether oxygens (including phenoxy) is 2. The maximum Gasteiger partial charge on any atom is 0.407 e. The summed E-state index contributed by atoms with van der Waals surface area (Å²) in [5.74, 6) is 1.02. The number of carbonyl (C=O) groups is 1. The summed E-state index contributed by atoms with van der Waals surface area (Å²) in [7, 11) is 0. The second-order valence-corrected chi connectivity index (χ2v) is 7.13. The van der Waals surface area contributed by atoms with Gasteiger partial charge in [0.15, 0.2) is 0 Å². The van der Waals surface area contributed by atoms with E-state index in [0.29, 0.717) is 31.0 Å². The van der Waals surface area contributed by atoms with Crippen LogP contribution >= 0.6 is 0 Å². The molecule has 4 heteroatoms. The van der Waals surface area contributed by atoms with Crippen LogP contribution in [0.4, 0.5) is 4.79 Å². The molecular weight excluding hydrogens is 278 g/mol. The molecule has 4 nitrogen and oxygen atoms in total. The molecule has 1 aliphatic carbocycles. The summed E-state index contributed by atoms with van der Waals surface area (Å²) in [4.78, 5) is 11.8. The Morgan fingerprint density at radius 3 is 2.86 bits per heavy atom. The quantitative estimate of drug-likeness (QED) is 0.808. The van der Waals surface area contributed by atoms with Crippen LogP contribution in [0.3, 0.4) is 0 Å². The average Bonchev–Trinajstić information content (AvgIpc) is 2.43. The van der Waals surface area contributed by atoms with Gasteiger partial charge in [0.1, 0.15) is 6.61 Å². The summed E-state index contributed by atoms with van der Waals surface area (Å²) >= 11 is 0. The SMILES string of the molecule is C=C[C@H]1OC[C@]2(COC(=O)NC(C)C)[C@H](C)[C@@H]1C(C)=C[C@@H]2C. The van der Waals surface area contributed by atoms with Gasteiger partial charge < -0.3 is 14.8 Å². The topological polar surface area (TPSA) is 47.6 Å². The smallest absolute Gasteiger partial charge is 0.407 e. The minimum Gasteiger partial charge on any atom is -0.449 e. The molecule has 1 saturated heterocycles. The Hall–Kier alpha value is -1.29. The molecule has 2 rings (SSSR count). The summed E-state index contributed by atoms with van der Waals surface area (Å²) < 4.78 is 11.6. The molecule has 124 valence electrons.